The lowest BCUT2D eigenvalue weighted by molar-refractivity contribution is 0.629. The summed E-state index contributed by atoms with van der Waals surface area (Å²) in [6.07, 6.45) is 0. The molecule has 0 aromatic heterocycles. The maximum atomic E-state index is 13.7. The highest BCUT2D eigenvalue weighted by Crippen LogP contribution is 2.35. The molecule has 3 heteroatoms. The van der Waals surface area contributed by atoms with Crippen molar-refractivity contribution in [3.05, 3.63) is 89.7 Å². The molecule has 0 amide bonds. The van der Waals surface area contributed by atoms with Crippen molar-refractivity contribution < 1.29 is 4.39 Å². The van der Waals surface area contributed by atoms with Crippen LogP contribution in [0.4, 0.5) is 4.39 Å². The first-order valence-electron chi connectivity index (χ1n) is 6.61. The SMILES string of the molecule is Fc1ccc(Cl)c(P(c2ccccc2)c2ccccc2)c1. The Bertz CT molecular complexity index is 689. The lowest BCUT2D eigenvalue weighted by atomic mass is 10.3. The van der Waals surface area contributed by atoms with Crippen LogP contribution in [0, 0.1) is 5.82 Å². The molecule has 21 heavy (non-hydrogen) atoms. The maximum Gasteiger partial charge on any atom is 0.123 e. The third-order valence-corrected chi connectivity index (χ3v) is 6.12. The second kappa shape index (κ2) is 6.39. The fourth-order valence-corrected chi connectivity index (χ4v) is 4.95. The van der Waals surface area contributed by atoms with E-state index < -0.39 is 7.92 Å². The monoisotopic (exact) mass is 314 g/mol. The number of halogens is 2. The smallest absolute Gasteiger partial charge is 0.123 e. The maximum absolute atomic E-state index is 13.7. The second-order valence-electron chi connectivity index (χ2n) is 4.60. The molecule has 3 rings (SSSR count). The third-order valence-electron chi connectivity index (χ3n) is 3.18. The van der Waals surface area contributed by atoms with Crippen LogP contribution in [0.5, 0.6) is 0 Å². The third kappa shape index (κ3) is 3.15. The minimum Gasteiger partial charge on any atom is -0.207 e. The molecule has 0 aliphatic rings. The number of hydrogen-bond donors (Lipinski definition) is 0. The summed E-state index contributed by atoms with van der Waals surface area (Å²) in [4.78, 5) is 0. The van der Waals surface area contributed by atoms with Gasteiger partial charge in [0.05, 0.1) is 0 Å². The Kier molecular flexibility index (Phi) is 4.34. The summed E-state index contributed by atoms with van der Waals surface area (Å²) in [5.74, 6) is -0.256. The average Bonchev–Trinajstić information content (AvgIpc) is 2.53. The summed E-state index contributed by atoms with van der Waals surface area (Å²) in [6.45, 7) is 0. The topological polar surface area (TPSA) is 0 Å². The molecule has 0 spiro atoms. The van der Waals surface area contributed by atoms with E-state index in [1.54, 1.807) is 12.1 Å². The van der Waals surface area contributed by atoms with Crippen molar-refractivity contribution in [2.75, 3.05) is 0 Å². The molecule has 0 N–H and O–H groups in total. The highest BCUT2D eigenvalue weighted by Gasteiger charge is 2.19. The molecule has 0 radical (unpaired) electrons. The van der Waals surface area contributed by atoms with Gasteiger partial charge in [-0.25, -0.2) is 4.39 Å². The largest absolute Gasteiger partial charge is 0.207 e. The van der Waals surface area contributed by atoms with Crippen molar-refractivity contribution >= 4 is 35.4 Å². The fourth-order valence-electron chi connectivity index (χ4n) is 2.24. The zero-order valence-corrected chi connectivity index (χ0v) is 12.9. The van der Waals surface area contributed by atoms with E-state index in [0.29, 0.717) is 5.02 Å². The fraction of sp³-hybridized carbons (Fsp3) is 0. The first-order valence-corrected chi connectivity index (χ1v) is 8.33. The van der Waals surface area contributed by atoms with Crippen LogP contribution in [-0.2, 0) is 0 Å². The Labute approximate surface area is 130 Å². The van der Waals surface area contributed by atoms with Crippen LogP contribution in [-0.4, -0.2) is 0 Å². The standard InChI is InChI=1S/C18H13ClFP/c19-17-12-11-14(20)13-18(17)21(15-7-3-1-4-8-15)16-9-5-2-6-10-16/h1-13H. The molecule has 104 valence electrons. The summed E-state index contributed by atoms with van der Waals surface area (Å²) in [5, 5.41) is 3.77. The van der Waals surface area contributed by atoms with E-state index in [0.717, 1.165) is 15.9 Å². The molecule has 3 aromatic rings. The van der Waals surface area contributed by atoms with E-state index in [-0.39, 0.29) is 5.82 Å². The van der Waals surface area contributed by atoms with Crippen LogP contribution in [0.1, 0.15) is 0 Å². The van der Waals surface area contributed by atoms with Gasteiger partial charge in [0, 0.05) is 10.3 Å². The molecular formula is C18H13ClFP. The summed E-state index contributed by atoms with van der Waals surface area (Å²) >= 11 is 6.34. The highest BCUT2D eigenvalue weighted by molar-refractivity contribution is 7.80. The van der Waals surface area contributed by atoms with Gasteiger partial charge in [0.2, 0.25) is 0 Å². The first kappa shape index (κ1) is 14.3. The molecule has 0 saturated carbocycles. The van der Waals surface area contributed by atoms with Gasteiger partial charge in [-0.05, 0) is 36.7 Å². The predicted molar refractivity (Wildman–Crippen MR) is 90.1 cm³/mol. The second-order valence-corrected chi connectivity index (χ2v) is 7.19. The van der Waals surface area contributed by atoms with Gasteiger partial charge >= 0.3 is 0 Å². The Balaban J connectivity index is 2.20. The predicted octanol–water partition coefficient (Wildman–Crippen LogP) is 4.24. The summed E-state index contributed by atoms with van der Waals surface area (Å²) in [5.41, 5.74) is 0. The Morgan fingerprint density at radius 2 is 1.24 bits per heavy atom. The number of hydrogen-bond acceptors (Lipinski definition) is 0. The minimum absolute atomic E-state index is 0.256. The zero-order chi connectivity index (χ0) is 14.7. The molecule has 0 unspecified atom stereocenters. The van der Waals surface area contributed by atoms with Crippen molar-refractivity contribution in [3.63, 3.8) is 0 Å². The van der Waals surface area contributed by atoms with Crippen molar-refractivity contribution in [2.45, 2.75) is 0 Å². The molecule has 0 nitrogen and oxygen atoms in total. The van der Waals surface area contributed by atoms with Gasteiger partial charge in [-0.15, -0.1) is 0 Å². The molecule has 0 aliphatic carbocycles. The van der Waals surface area contributed by atoms with Crippen LogP contribution in [0.2, 0.25) is 5.02 Å². The molecule has 0 fully saturated rings. The van der Waals surface area contributed by atoms with Crippen LogP contribution in [0.25, 0.3) is 0 Å². The quantitative estimate of drug-likeness (QED) is 0.634. The van der Waals surface area contributed by atoms with Crippen LogP contribution >= 0.6 is 19.5 Å². The highest BCUT2D eigenvalue weighted by atomic mass is 35.5. The van der Waals surface area contributed by atoms with E-state index in [9.17, 15) is 4.39 Å². The van der Waals surface area contributed by atoms with Crippen molar-refractivity contribution in [2.24, 2.45) is 0 Å². The molecule has 0 bridgehead atoms. The average molecular weight is 315 g/mol. The van der Waals surface area contributed by atoms with Gasteiger partial charge in [-0.3, -0.25) is 0 Å². The molecule has 0 saturated heterocycles. The molecule has 0 atom stereocenters. The van der Waals surface area contributed by atoms with Gasteiger partial charge < -0.3 is 0 Å². The van der Waals surface area contributed by atoms with Crippen molar-refractivity contribution in [1.82, 2.24) is 0 Å². The van der Waals surface area contributed by atoms with Gasteiger partial charge in [0.1, 0.15) is 5.82 Å². The minimum atomic E-state index is -0.855. The van der Waals surface area contributed by atoms with Crippen LogP contribution in [0.3, 0.4) is 0 Å². The first-order chi connectivity index (χ1) is 10.3. The van der Waals surface area contributed by atoms with Crippen molar-refractivity contribution in [3.8, 4) is 0 Å². The number of benzene rings is 3. The van der Waals surface area contributed by atoms with E-state index in [1.165, 1.54) is 6.07 Å². The van der Waals surface area contributed by atoms with Gasteiger partial charge in [-0.2, -0.15) is 0 Å². The molecule has 0 heterocycles. The van der Waals surface area contributed by atoms with E-state index in [1.807, 2.05) is 36.4 Å². The Hall–Kier alpha value is -1.69. The lowest BCUT2D eigenvalue weighted by Gasteiger charge is -2.20. The van der Waals surface area contributed by atoms with E-state index in [4.69, 9.17) is 11.6 Å². The van der Waals surface area contributed by atoms with Gasteiger partial charge in [0.25, 0.3) is 0 Å². The van der Waals surface area contributed by atoms with Crippen molar-refractivity contribution in [1.29, 1.82) is 0 Å². The van der Waals surface area contributed by atoms with Gasteiger partial charge in [-0.1, -0.05) is 72.3 Å². The molecular weight excluding hydrogens is 302 g/mol. The van der Waals surface area contributed by atoms with E-state index >= 15 is 0 Å². The normalized spacial score (nSPS) is 10.8. The summed E-state index contributed by atoms with van der Waals surface area (Å²) in [6, 6.07) is 24.8. The zero-order valence-electron chi connectivity index (χ0n) is 11.2. The van der Waals surface area contributed by atoms with Crippen LogP contribution < -0.4 is 15.9 Å². The summed E-state index contributed by atoms with van der Waals surface area (Å²) in [7, 11) is -0.855. The Morgan fingerprint density at radius 3 is 1.76 bits per heavy atom. The van der Waals surface area contributed by atoms with Crippen LogP contribution in [0.15, 0.2) is 78.9 Å². The van der Waals surface area contributed by atoms with Gasteiger partial charge in [0.15, 0.2) is 0 Å². The lowest BCUT2D eigenvalue weighted by Crippen LogP contribution is -2.21. The summed E-state index contributed by atoms with van der Waals surface area (Å²) < 4.78 is 13.7. The Morgan fingerprint density at radius 1 is 0.714 bits per heavy atom. The molecule has 3 aromatic carbocycles. The number of rotatable bonds is 3. The van der Waals surface area contributed by atoms with E-state index in [2.05, 4.69) is 24.3 Å². The molecule has 0 aliphatic heterocycles.